The van der Waals surface area contributed by atoms with E-state index in [1.54, 1.807) is 0 Å². The van der Waals surface area contributed by atoms with Crippen LogP contribution in [0.4, 0.5) is 17.2 Å². The van der Waals surface area contributed by atoms with E-state index in [-0.39, 0.29) is 21.1 Å². The first-order chi connectivity index (χ1) is 19.3. The minimum absolute atomic E-state index is 0. The minimum atomic E-state index is 0. The molecular formula is C37H53N2Pt-3. The summed E-state index contributed by atoms with van der Waals surface area (Å²) in [5, 5.41) is 0. The largest absolute Gasteiger partial charge is 0.329 e. The summed E-state index contributed by atoms with van der Waals surface area (Å²) in [5.41, 5.74) is 5.58. The van der Waals surface area contributed by atoms with Gasteiger partial charge in [0.15, 0.2) is 0 Å². The fraction of sp³-hybridized carbons (Fsp3) is 0.351. The van der Waals surface area contributed by atoms with Crippen molar-refractivity contribution in [2.24, 2.45) is 0 Å². The molecule has 0 N–H and O–H groups in total. The summed E-state index contributed by atoms with van der Waals surface area (Å²) in [7, 11) is 0. The van der Waals surface area contributed by atoms with Crippen molar-refractivity contribution in [3.8, 4) is 0 Å². The van der Waals surface area contributed by atoms with Gasteiger partial charge in [-0.05, 0) is 30.7 Å². The van der Waals surface area contributed by atoms with Gasteiger partial charge in [-0.15, -0.1) is 6.07 Å². The molecule has 0 fully saturated rings. The van der Waals surface area contributed by atoms with Gasteiger partial charge in [0.1, 0.15) is 5.82 Å². The third-order valence-electron chi connectivity index (χ3n) is 4.69. The van der Waals surface area contributed by atoms with Crippen LogP contribution in [-0.2, 0) is 33.9 Å². The van der Waals surface area contributed by atoms with Gasteiger partial charge in [-0.25, -0.2) is 4.98 Å². The van der Waals surface area contributed by atoms with Crippen molar-refractivity contribution in [3.63, 3.8) is 0 Å². The molecule has 2 nitrogen and oxygen atoms in total. The van der Waals surface area contributed by atoms with Crippen molar-refractivity contribution >= 4 is 17.2 Å². The summed E-state index contributed by atoms with van der Waals surface area (Å²) < 4.78 is 0. The van der Waals surface area contributed by atoms with Gasteiger partial charge in [-0.1, -0.05) is 99.2 Å². The number of benzene rings is 3. The van der Waals surface area contributed by atoms with E-state index in [1.165, 1.54) is 11.1 Å². The SMILES string of the molecule is CC.CC.CC.CC.CC.C[CH-]Cc1[c-]c(Cc2[c-]c(N(c3ccccc3)c3ccccn3)ccc2)ccc1.[Pt]. The van der Waals surface area contributed by atoms with Crippen molar-refractivity contribution < 1.29 is 21.1 Å². The molecule has 0 bridgehead atoms. The molecule has 0 amide bonds. The van der Waals surface area contributed by atoms with Crippen LogP contribution in [0.5, 0.6) is 0 Å². The third kappa shape index (κ3) is 15.2. The Bertz CT molecular complexity index is 1010. The van der Waals surface area contributed by atoms with E-state index >= 15 is 0 Å². The van der Waals surface area contributed by atoms with Crippen LogP contribution in [0.1, 0.15) is 92.9 Å². The second kappa shape index (κ2) is 29.3. The summed E-state index contributed by atoms with van der Waals surface area (Å²) in [5.74, 6) is 0.874. The van der Waals surface area contributed by atoms with E-state index in [9.17, 15) is 0 Å². The Morgan fingerprint density at radius 2 is 1.12 bits per heavy atom. The maximum absolute atomic E-state index is 4.57. The van der Waals surface area contributed by atoms with Crippen molar-refractivity contribution in [2.45, 2.75) is 89.0 Å². The molecule has 3 aromatic carbocycles. The normalized spacial score (nSPS) is 8.47. The van der Waals surface area contributed by atoms with Crippen molar-refractivity contribution in [1.82, 2.24) is 4.98 Å². The first-order valence-electron chi connectivity index (χ1n) is 14.9. The molecule has 0 aliphatic heterocycles. The number of para-hydroxylation sites is 1. The Kier molecular flexibility index (Phi) is 30.6. The third-order valence-corrected chi connectivity index (χ3v) is 4.69. The number of hydrogen-bond acceptors (Lipinski definition) is 2. The van der Waals surface area contributed by atoms with Crippen molar-refractivity contribution in [1.29, 1.82) is 0 Å². The molecule has 40 heavy (non-hydrogen) atoms. The number of aromatic nitrogens is 1. The maximum atomic E-state index is 4.57. The molecule has 0 unspecified atom stereocenters. The fourth-order valence-electron chi connectivity index (χ4n) is 3.41. The van der Waals surface area contributed by atoms with Gasteiger partial charge in [-0.3, -0.25) is 0 Å². The van der Waals surface area contributed by atoms with Gasteiger partial charge in [0.2, 0.25) is 0 Å². The molecule has 0 aliphatic carbocycles. The zero-order valence-corrected chi connectivity index (χ0v) is 29.1. The number of pyridine rings is 1. The summed E-state index contributed by atoms with van der Waals surface area (Å²) in [6.07, 6.45) is 5.72. The second-order valence-corrected chi connectivity index (χ2v) is 6.91. The molecule has 4 aromatic rings. The minimum Gasteiger partial charge on any atom is -0.329 e. The molecule has 0 aliphatic rings. The van der Waals surface area contributed by atoms with Gasteiger partial charge in [0, 0.05) is 32.9 Å². The molecule has 224 valence electrons. The Morgan fingerprint density at radius 3 is 1.68 bits per heavy atom. The first kappa shape index (κ1) is 41.8. The zero-order chi connectivity index (χ0) is 29.9. The number of rotatable bonds is 7. The summed E-state index contributed by atoms with van der Waals surface area (Å²) in [6.45, 7) is 22.1. The zero-order valence-electron chi connectivity index (χ0n) is 26.9. The van der Waals surface area contributed by atoms with Gasteiger partial charge >= 0.3 is 0 Å². The number of nitrogens with zero attached hydrogens (tertiary/aromatic N) is 2. The van der Waals surface area contributed by atoms with Crippen LogP contribution in [0.2, 0.25) is 0 Å². The van der Waals surface area contributed by atoms with Gasteiger partial charge < -0.3 is 11.3 Å². The maximum Gasteiger partial charge on any atom is 0.135 e. The van der Waals surface area contributed by atoms with Gasteiger partial charge in [0.05, 0.1) is 0 Å². The molecule has 0 radical (unpaired) electrons. The quantitative estimate of drug-likeness (QED) is 0.177. The summed E-state index contributed by atoms with van der Waals surface area (Å²) in [4.78, 5) is 6.71. The Hall–Kier alpha value is -2.70. The second-order valence-electron chi connectivity index (χ2n) is 6.91. The summed E-state index contributed by atoms with van der Waals surface area (Å²) in [6, 6.07) is 36.0. The Labute approximate surface area is 262 Å². The van der Waals surface area contributed by atoms with E-state index in [4.69, 9.17) is 0 Å². The van der Waals surface area contributed by atoms with Crippen LogP contribution < -0.4 is 4.90 Å². The first-order valence-corrected chi connectivity index (χ1v) is 14.9. The van der Waals surface area contributed by atoms with Crippen LogP contribution in [0, 0.1) is 18.6 Å². The fourth-order valence-corrected chi connectivity index (χ4v) is 3.41. The smallest absolute Gasteiger partial charge is 0.135 e. The van der Waals surface area contributed by atoms with Crippen LogP contribution in [0.25, 0.3) is 0 Å². The number of anilines is 3. The monoisotopic (exact) mass is 720 g/mol. The van der Waals surface area contributed by atoms with E-state index < -0.39 is 0 Å². The van der Waals surface area contributed by atoms with Crippen molar-refractivity contribution in [2.75, 3.05) is 4.90 Å². The van der Waals surface area contributed by atoms with Crippen LogP contribution >= 0.6 is 0 Å². The Morgan fingerprint density at radius 1 is 0.600 bits per heavy atom. The van der Waals surface area contributed by atoms with E-state index in [2.05, 4.69) is 83.9 Å². The molecular weight excluding hydrogens is 667 g/mol. The van der Waals surface area contributed by atoms with Crippen molar-refractivity contribution in [3.05, 3.63) is 126 Å². The van der Waals surface area contributed by atoms with E-state index in [0.717, 1.165) is 35.6 Å². The Balaban J connectivity index is -0.00000113. The predicted molar refractivity (Wildman–Crippen MR) is 176 cm³/mol. The van der Waals surface area contributed by atoms with Crippen LogP contribution in [-0.4, -0.2) is 4.98 Å². The molecule has 0 saturated heterocycles. The predicted octanol–water partition coefficient (Wildman–Crippen LogP) is 11.6. The topological polar surface area (TPSA) is 16.1 Å². The van der Waals surface area contributed by atoms with E-state index in [0.29, 0.717) is 0 Å². The van der Waals surface area contributed by atoms with Crippen LogP contribution in [0.15, 0.2) is 91.1 Å². The van der Waals surface area contributed by atoms with Gasteiger partial charge in [0.25, 0.3) is 0 Å². The standard InChI is InChI=1S/C27H23N2.5C2H6.Pt/c1-2-10-22-11-8-12-23(19-22)20-24-13-9-16-26(21-24)29(25-14-4-3-5-15-25)27-17-6-7-18-28-27;5*1-2;/h2-9,11-18H,10,20H2,1H3;5*1-2H3;/q-3;;;;;;. The molecule has 0 spiro atoms. The van der Waals surface area contributed by atoms with Gasteiger partial charge in [-0.2, -0.15) is 72.5 Å². The number of hydrogen-bond donors (Lipinski definition) is 0. The molecule has 3 heteroatoms. The molecule has 0 saturated carbocycles. The molecule has 4 rings (SSSR count). The summed E-state index contributed by atoms with van der Waals surface area (Å²) >= 11 is 0. The molecule has 1 aromatic heterocycles. The van der Waals surface area contributed by atoms with Crippen LogP contribution in [0.3, 0.4) is 0 Å². The average Bonchev–Trinajstić information content (AvgIpc) is 3.04. The average molecular weight is 721 g/mol. The molecule has 1 heterocycles. The molecule has 0 atom stereocenters. The van der Waals surface area contributed by atoms with E-state index in [1.807, 2.05) is 112 Å².